The van der Waals surface area contributed by atoms with Crippen molar-refractivity contribution in [3.8, 4) is 17.0 Å². The number of halogens is 2. The van der Waals surface area contributed by atoms with Crippen molar-refractivity contribution >= 4 is 5.82 Å². The first-order valence-corrected chi connectivity index (χ1v) is 12.5. The number of fused-ring (bicyclic) bond motifs is 3. The second-order valence-corrected chi connectivity index (χ2v) is 8.89. The van der Waals surface area contributed by atoms with Gasteiger partial charge in [0.15, 0.2) is 5.82 Å². The van der Waals surface area contributed by atoms with Crippen molar-refractivity contribution < 1.29 is 18.3 Å². The molecule has 0 fully saturated rings. The van der Waals surface area contributed by atoms with E-state index in [1.54, 1.807) is 18.2 Å². The molecular formula is C26H38F2N4O2. The zero-order chi connectivity index (χ0) is 24.3. The summed E-state index contributed by atoms with van der Waals surface area (Å²) in [6, 6.07) is 4.96. The topological polar surface area (TPSA) is 68.3 Å². The number of ether oxygens (including phenoxy) is 2. The van der Waals surface area contributed by atoms with Gasteiger partial charge in [0, 0.05) is 30.8 Å². The number of hydrogen-bond donors (Lipinski definition) is 2. The molecule has 0 amide bonds. The van der Waals surface area contributed by atoms with E-state index in [0.717, 1.165) is 59.6 Å². The number of alkyl halides is 2. The van der Waals surface area contributed by atoms with E-state index in [1.165, 1.54) is 25.7 Å². The number of aromatic nitrogens is 2. The number of anilines is 1. The third-order valence-electron chi connectivity index (χ3n) is 6.42. The highest BCUT2D eigenvalue weighted by Gasteiger charge is 2.22. The molecule has 1 aromatic heterocycles. The quantitative estimate of drug-likeness (QED) is 0.369. The molecule has 0 saturated carbocycles. The van der Waals surface area contributed by atoms with Gasteiger partial charge in [0.2, 0.25) is 0 Å². The van der Waals surface area contributed by atoms with Crippen LogP contribution in [0.1, 0.15) is 69.1 Å². The third kappa shape index (κ3) is 7.09. The number of nitrogens with one attached hydrogen (secondary N) is 2. The van der Waals surface area contributed by atoms with Gasteiger partial charge in [-0.15, -0.1) is 10.2 Å². The van der Waals surface area contributed by atoms with Gasteiger partial charge in [0.25, 0.3) is 0 Å². The fourth-order valence-electron chi connectivity index (χ4n) is 4.51. The molecule has 1 unspecified atom stereocenters. The molecule has 1 aromatic carbocycles. The van der Waals surface area contributed by atoms with Crippen molar-refractivity contribution in [1.82, 2.24) is 15.5 Å². The molecule has 0 spiro atoms. The summed E-state index contributed by atoms with van der Waals surface area (Å²) in [5.74, 6) is 1.54. The molecule has 0 bridgehead atoms. The minimum Gasteiger partial charge on any atom is -0.435 e. The van der Waals surface area contributed by atoms with Crippen LogP contribution in [0.4, 0.5) is 14.6 Å². The summed E-state index contributed by atoms with van der Waals surface area (Å²) in [6.45, 7) is 4.04. The van der Waals surface area contributed by atoms with E-state index in [9.17, 15) is 8.78 Å². The van der Waals surface area contributed by atoms with Crippen molar-refractivity contribution in [1.29, 1.82) is 0 Å². The monoisotopic (exact) mass is 476 g/mol. The Bertz CT molecular complexity index is 911. The minimum absolute atomic E-state index is 0.119. The molecule has 34 heavy (non-hydrogen) atoms. The van der Waals surface area contributed by atoms with Crippen LogP contribution in [0.2, 0.25) is 0 Å². The van der Waals surface area contributed by atoms with Gasteiger partial charge >= 0.3 is 6.61 Å². The summed E-state index contributed by atoms with van der Waals surface area (Å²) >= 11 is 0. The van der Waals surface area contributed by atoms with Crippen molar-refractivity contribution in [2.45, 2.75) is 78.6 Å². The van der Waals surface area contributed by atoms with E-state index in [4.69, 9.17) is 4.74 Å². The zero-order valence-electron chi connectivity index (χ0n) is 20.6. The minimum atomic E-state index is -2.87. The Morgan fingerprint density at radius 1 is 1.18 bits per heavy atom. The molecule has 8 heteroatoms. The second-order valence-electron chi connectivity index (χ2n) is 8.89. The Balaban J connectivity index is 1.94. The highest BCUT2D eigenvalue weighted by Crippen LogP contribution is 2.34. The molecule has 0 aliphatic carbocycles. The van der Waals surface area contributed by atoms with Crippen molar-refractivity contribution in [2.24, 2.45) is 5.92 Å². The lowest BCUT2D eigenvalue weighted by molar-refractivity contribution is -0.0499. The van der Waals surface area contributed by atoms with Crippen LogP contribution in [0.5, 0.6) is 5.75 Å². The number of rotatable bonds is 12. The Hall–Kier alpha value is -2.32. The summed E-state index contributed by atoms with van der Waals surface area (Å²) in [7, 11) is 1.93. The van der Waals surface area contributed by atoms with E-state index in [-0.39, 0.29) is 5.75 Å². The first-order chi connectivity index (χ1) is 16.6. The molecule has 0 saturated heterocycles. The van der Waals surface area contributed by atoms with Crippen molar-refractivity contribution in [3.05, 3.63) is 34.9 Å². The molecule has 1 atom stereocenters. The molecule has 2 aromatic rings. The van der Waals surface area contributed by atoms with E-state index in [1.807, 2.05) is 7.05 Å². The van der Waals surface area contributed by atoms with Crippen LogP contribution in [0.15, 0.2) is 18.2 Å². The fourth-order valence-corrected chi connectivity index (χ4v) is 4.51. The van der Waals surface area contributed by atoms with Crippen LogP contribution in [-0.4, -0.2) is 37.0 Å². The van der Waals surface area contributed by atoms with Gasteiger partial charge in [-0.1, -0.05) is 39.5 Å². The number of hydrogen-bond acceptors (Lipinski definition) is 6. The predicted octanol–water partition coefficient (Wildman–Crippen LogP) is 5.95. The molecule has 0 radical (unpaired) electrons. The molecular weight excluding hydrogens is 438 g/mol. The molecule has 6 nitrogen and oxygen atoms in total. The van der Waals surface area contributed by atoms with Gasteiger partial charge in [0.05, 0.1) is 12.3 Å². The standard InChI is InChI=1S/C26H38F2N4O2/c1-4-6-7-9-18(5-2)15-30-25-23(16-29-3)22-10-8-13-33-17-19-14-20(34-26(27)28)11-12-21(19)24(22)31-32-25/h11-12,14,18,26,29H,4-10,13,15-17H2,1-3H3,(H,30,32). The Kier molecular flexibility index (Phi) is 10.5. The number of unbranched alkanes of at least 4 members (excludes halogenated alkanes) is 2. The number of nitrogens with zero attached hydrogens (tertiary/aromatic N) is 2. The van der Waals surface area contributed by atoms with Gasteiger partial charge in [-0.3, -0.25) is 0 Å². The van der Waals surface area contributed by atoms with E-state index in [2.05, 4.69) is 39.4 Å². The van der Waals surface area contributed by atoms with Crippen LogP contribution >= 0.6 is 0 Å². The lowest BCUT2D eigenvalue weighted by atomic mass is 9.94. The summed E-state index contributed by atoms with van der Waals surface area (Å²) in [6.07, 6.45) is 7.74. The largest absolute Gasteiger partial charge is 0.435 e. The first kappa shape index (κ1) is 26.3. The molecule has 1 aliphatic rings. The SMILES string of the molecule is CCCCCC(CC)CNc1nnc2c(c1CNC)CCCOCc1cc(OC(F)F)ccc1-2. The highest BCUT2D eigenvalue weighted by atomic mass is 19.3. The van der Waals surface area contributed by atoms with Gasteiger partial charge in [-0.2, -0.15) is 8.78 Å². The van der Waals surface area contributed by atoms with Gasteiger partial charge in [-0.25, -0.2) is 0 Å². The molecule has 2 heterocycles. The van der Waals surface area contributed by atoms with Crippen LogP contribution in [0.25, 0.3) is 11.3 Å². The molecule has 188 valence electrons. The summed E-state index contributed by atoms with van der Waals surface area (Å²) in [5, 5.41) is 16.1. The normalized spacial score (nSPS) is 14.5. The van der Waals surface area contributed by atoms with Gasteiger partial charge in [-0.05, 0) is 61.6 Å². The average molecular weight is 477 g/mol. The Morgan fingerprint density at radius 3 is 2.76 bits per heavy atom. The summed E-state index contributed by atoms with van der Waals surface area (Å²) < 4.78 is 35.9. The van der Waals surface area contributed by atoms with Crippen LogP contribution in [0.3, 0.4) is 0 Å². The Labute approximate surface area is 201 Å². The summed E-state index contributed by atoms with van der Waals surface area (Å²) in [5.41, 5.74) is 4.64. The van der Waals surface area contributed by atoms with E-state index < -0.39 is 6.61 Å². The van der Waals surface area contributed by atoms with Crippen molar-refractivity contribution in [3.63, 3.8) is 0 Å². The molecule has 3 rings (SSSR count). The van der Waals surface area contributed by atoms with Crippen LogP contribution in [0, 0.1) is 5.92 Å². The maximum absolute atomic E-state index is 12.7. The maximum Gasteiger partial charge on any atom is 0.387 e. The lowest BCUT2D eigenvalue weighted by Gasteiger charge is -2.21. The third-order valence-corrected chi connectivity index (χ3v) is 6.42. The fraction of sp³-hybridized carbons (Fsp3) is 0.615. The van der Waals surface area contributed by atoms with E-state index in [0.29, 0.717) is 25.7 Å². The molecule has 1 aliphatic heterocycles. The average Bonchev–Trinajstić information content (AvgIpc) is 2.90. The van der Waals surface area contributed by atoms with Gasteiger partial charge in [0.1, 0.15) is 5.75 Å². The van der Waals surface area contributed by atoms with E-state index >= 15 is 0 Å². The van der Waals surface area contributed by atoms with Crippen LogP contribution < -0.4 is 15.4 Å². The zero-order valence-corrected chi connectivity index (χ0v) is 20.6. The lowest BCUT2D eigenvalue weighted by Crippen LogP contribution is -2.19. The molecule has 2 N–H and O–H groups in total. The second kappa shape index (κ2) is 13.5. The smallest absolute Gasteiger partial charge is 0.387 e. The number of benzene rings is 1. The van der Waals surface area contributed by atoms with Crippen molar-refractivity contribution in [2.75, 3.05) is 25.5 Å². The highest BCUT2D eigenvalue weighted by molar-refractivity contribution is 5.71. The maximum atomic E-state index is 12.7. The summed E-state index contributed by atoms with van der Waals surface area (Å²) in [4.78, 5) is 0. The van der Waals surface area contributed by atoms with Gasteiger partial charge < -0.3 is 20.1 Å². The van der Waals surface area contributed by atoms with Crippen LogP contribution in [-0.2, 0) is 24.3 Å². The Morgan fingerprint density at radius 2 is 2.03 bits per heavy atom. The predicted molar refractivity (Wildman–Crippen MR) is 131 cm³/mol. The first-order valence-electron chi connectivity index (χ1n) is 12.5.